The van der Waals surface area contributed by atoms with E-state index in [2.05, 4.69) is 0 Å². The Hall–Kier alpha value is -1.62. The molecule has 2 rings (SSSR count). The third-order valence-corrected chi connectivity index (χ3v) is 3.35. The van der Waals surface area contributed by atoms with Crippen molar-refractivity contribution in [2.24, 2.45) is 5.92 Å². The molecule has 1 saturated heterocycles. The van der Waals surface area contributed by atoms with Crippen LogP contribution in [0.15, 0.2) is 18.2 Å². The van der Waals surface area contributed by atoms with Gasteiger partial charge in [0.15, 0.2) is 0 Å². The molecule has 6 heteroatoms. The van der Waals surface area contributed by atoms with Crippen LogP contribution in [0.25, 0.3) is 0 Å². The van der Waals surface area contributed by atoms with Crippen molar-refractivity contribution in [2.75, 3.05) is 17.3 Å². The van der Waals surface area contributed by atoms with Crippen molar-refractivity contribution in [1.82, 2.24) is 0 Å². The number of rotatable bonds is 3. The van der Waals surface area contributed by atoms with Gasteiger partial charge in [0.2, 0.25) is 5.91 Å². The van der Waals surface area contributed by atoms with Crippen LogP contribution in [0, 0.1) is 11.7 Å². The van der Waals surface area contributed by atoms with E-state index in [9.17, 15) is 14.0 Å². The van der Waals surface area contributed by atoms with Crippen molar-refractivity contribution in [3.05, 3.63) is 29.6 Å². The summed E-state index contributed by atoms with van der Waals surface area (Å²) in [5.74, 6) is -1.75. The van der Waals surface area contributed by atoms with Gasteiger partial charge < -0.3 is 10.0 Å². The summed E-state index contributed by atoms with van der Waals surface area (Å²) in [5, 5.41) is 8.73. The molecular formula is C12H11ClFNO3. The summed E-state index contributed by atoms with van der Waals surface area (Å²) in [6.45, 7) is 0.367. The highest BCUT2D eigenvalue weighted by molar-refractivity contribution is 6.18. The zero-order valence-electron chi connectivity index (χ0n) is 9.40. The molecule has 1 N–H and O–H groups in total. The molecule has 1 aliphatic heterocycles. The highest BCUT2D eigenvalue weighted by Gasteiger charge is 2.31. The first-order chi connectivity index (χ1) is 8.52. The zero-order chi connectivity index (χ0) is 13.3. The van der Waals surface area contributed by atoms with Crippen molar-refractivity contribution >= 4 is 29.2 Å². The zero-order valence-corrected chi connectivity index (χ0v) is 10.2. The number of alkyl halides is 1. The molecule has 18 heavy (non-hydrogen) atoms. The summed E-state index contributed by atoms with van der Waals surface area (Å²) in [4.78, 5) is 23.7. The number of carboxylic acids is 1. The molecule has 1 unspecified atom stereocenters. The smallest absolute Gasteiger partial charge is 0.335 e. The van der Waals surface area contributed by atoms with Gasteiger partial charge in [0.05, 0.1) is 11.3 Å². The van der Waals surface area contributed by atoms with Gasteiger partial charge in [-0.05, 0) is 24.1 Å². The third-order valence-electron chi connectivity index (χ3n) is 2.91. The monoisotopic (exact) mass is 271 g/mol. The van der Waals surface area contributed by atoms with Crippen LogP contribution in [-0.4, -0.2) is 29.4 Å². The van der Waals surface area contributed by atoms with E-state index < -0.39 is 11.8 Å². The Morgan fingerprint density at radius 3 is 2.78 bits per heavy atom. The molecule has 0 aliphatic carbocycles. The summed E-state index contributed by atoms with van der Waals surface area (Å²) < 4.78 is 13.8. The van der Waals surface area contributed by atoms with E-state index in [0.717, 1.165) is 6.07 Å². The topological polar surface area (TPSA) is 57.6 Å². The van der Waals surface area contributed by atoms with Gasteiger partial charge in [0, 0.05) is 18.8 Å². The molecule has 1 heterocycles. The molecule has 4 nitrogen and oxygen atoms in total. The molecule has 1 aliphatic rings. The Labute approximate surface area is 108 Å². The minimum absolute atomic E-state index is 0.0118. The summed E-state index contributed by atoms with van der Waals surface area (Å²) >= 11 is 5.68. The Balaban J connectivity index is 2.29. The summed E-state index contributed by atoms with van der Waals surface area (Å²) in [5.41, 5.74) is -0.0330. The minimum Gasteiger partial charge on any atom is -0.478 e. The average Bonchev–Trinajstić information content (AvgIpc) is 2.70. The maximum atomic E-state index is 13.8. The fourth-order valence-corrected chi connectivity index (χ4v) is 2.18. The standard InChI is InChI=1S/C12H11ClFNO3/c13-5-7-3-11(16)15(6-7)10-2-1-8(12(17)18)4-9(10)14/h1-2,4,7H,3,5-6H2,(H,17,18). The first-order valence-electron chi connectivity index (χ1n) is 5.42. The SMILES string of the molecule is O=C(O)c1ccc(N2CC(CCl)CC2=O)c(F)c1. The number of aromatic carboxylic acids is 1. The Kier molecular flexibility index (Phi) is 3.52. The minimum atomic E-state index is -1.20. The number of nitrogens with zero attached hydrogens (tertiary/aromatic N) is 1. The molecular weight excluding hydrogens is 261 g/mol. The lowest BCUT2D eigenvalue weighted by Crippen LogP contribution is -2.25. The van der Waals surface area contributed by atoms with Crippen molar-refractivity contribution in [3.8, 4) is 0 Å². The lowest BCUT2D eigenvalue weighted by Gasteiger charge is -2.17. The molecule has 1 fully saturated rings. The number of benzene rings is 1. The fraction of sp³-hybridized carbons (Fsp3) is 0.333. The van der Waals surface area contributed by atoms with E-state index in [1.807, 2.05) is 0 Å². The predicted octanol–water partition coefficient (Wildman–Crippen LogP) is 2.12. The van der Waals surface area contributed by atoms with Crippen LogP contribution >= 0.6 is 11.6 Å². The van der Waals surface area contributed by atoms with E-state index in [-0.39, 0.29) is 23.1 Å². The second kappa shape index (κ2) is 4.94. The number of carboxylic acid groups (broad SMARTS) is 1. The van der Waals surface area contributed by atoms with Crippen molar-refractivity contribution in [1.29, 1.82) is 0 Å². The van der Waals surface area contributed by atoms with Crippen LogP contribution in [0.5, 0.6) is 0 Å². The van der Waals surface area contributed by atoms with Gasteiger partial charge in [0.1, 0.15) is 5.82 Å². The van der Waals surface area contributed by atoms with Crippen LogP contribution < -0.4 is 4.90 Å². The number of carbonyl (C=O) groups is 2. The Morgan fingerprint density at radius 2 is 2.28 bits per heavy atom. The maximum Gasteiger partial charge on any atom is 0.335 e. The van der Waals surface area contributed by atoms with Gasteiger partial charge in [-0.2, -0.15) is 0 Å². The van der Waals surface area contributed by atoms with E-state index >= 15 is 0 Å². The molecule has 1 aromatic rings. The molecule has 1 amide bonds. The third kappa shape index (κ3) is 2.31. The molecule has 0 radical (unpaired) electrons. The first kappa shape index (κ1) is 12.8. The molecule has 0 aromatic heterocycles. The average molecular weight is 272 g/mol. The lowest BCUT2D eigenvalue weighted by atomic mass is 10.1. The van der Waals surface area contributed by atoms with Crippen molar-refractivity contribution in [3.63, 3.8) is 0 Å². The summed E-state index contributed by atoms with van der Waals surface area (Å²) in [6.07, 6.45) is 0.295. The number of anilines is 1. The summed E-state index contributed by atoms with van der Waals surface area (Å²) in [7, 11) is 0. The van der Waals surface area contributed by atoms with E-state index in [1.54, 1.807) is 0 Å². The van der Waals surface area contributed by atoms with Crippen molar-refractivity contribution in [2.45, 2.75) is 6.42 Å². The van der Waals surface area contributed by atoms with Crippen molar-refractivity contribution < 1.29 is 19.1 Å². The molecule has 0 saturated carbocycles. The van der Waals surface area contributed by atoms with Crippen LogP contribution in [0.1, 0.15) is 16.8 Å². The molecule has 1 aromatic carbocycles. The molecule has 1 atom stereocenters. The quantitative estimate of drug-likeness (QED) is 0.857. The van der Waals surface area contributed by atoms with E-state index in [4.69, 9.17) is 16.7 Å². The number of carbonyl (C=O) groups excluding carboxylic acids is 1. The molecule has 0 spiro atoms. The largest absolute Gasteiger partial charge is 0.478 e. The Morgan fingerprint density at radius 1 is 1.56 bits per heavy atom. The van der Waals surface area contributed by atoms with Gasteiger partial charge in [-0.1, -0.05) is 0 Å². The Bertz CT molecular complexity index is 506. The lowest BCUT2D eigenvalue weighted by molar-refractivity contribution is -0.117. The fourth-order valence-electron chi connectivity index (χ4n) is 1.98. The van der Waals surface area contributed by atoms with Crippen LogP contribution in [0.3, 0.4) is 0 Å². The van der Waals surface area contributed by atoms with Gasteiger partial charge in [0.25, 0.3) is 0 Å². The van der Waals surface area contributed by atoms with Gasteiger partial charge >= 0.3 is 5.97 Å². The maximum absolute atomic E-state index is 13.8. The van der Waals surface area contributed by atoms with Gasteiger partial charge in [-0.3, -0.25) is 4.79 Å². The highest BCUT2D eigenvalue weighted by Crippen LogP contribution is 2.28. The predicted molar refractivity (Wildman–Crippen MR) is 64.5 cm³/mol. The number of hydrogen-bond donors (Lipinski definition) is 1. The first-order valence-corrected chi connectivity index (χ1v) is 5.95. The van der Waals surface area contributed by atoms with E-state index in [0.29, 0.717) is 18.8 Å². The summed E-state index contributed by atoms with van der Waals surface area (Å²) in [6, 6.07) is 3.51. The number of amides is 1. The van der Waals surface area contributed by atoms with E-state index in [1.165, 1.54) is 17.0 Å². The number of hydrogen-bond acceptors (Lipinski definition) is 2. The van der Waals surface area contributed by atoms with Gasteiger partial charge in [-0.15, -0.1) is 11.6 Å². The molecule has 0 bridgehead atoms. The van der Waals surface area contributed by atoms with Crippen LogP contribution in [0.4, 0.5) is 10.1 Å². The van der Waals surface area contributed by atoms with Gasteiger partial charge in [-0.25, -0.2) is 9.18 Å². The number of halogens is 2. The second-order valence-electron chi connectivity index (χ2n) is 4.20. The normalized spacial score (nSPS) is 19.3. The molecule has 96 valence electrons. The second-order valence-corrected chi connectivity index (χ2v) is 4.51. The van der Waals surface area contributed by atoms with Crippen LogP contribution in [-0.2, 0) is 4.79 Å². The van der Waals surface area contributed by atoms with Crippen LogP contribution in [0.2, 0.25) is 0 Å². The highest BCUT2D eigenvalue weighted by atomic mass is 35.5.